The first-order valence-corrected chi connectivity index (χ1v) is 8.86. The third kappa shape index (κ3) is 3.32. The number of hydrogen-bond donors (Lipinski definition) is 1. The largest absolute Gasteiger partial charge is 0.507 e. The van der Waals surface area contributed by atoms with E-state index in [9.17, 15) is 9.50 Å². The van der Waals surface area contributed by atoms with E-state index in [1.165, 1.54) is 12.1 Å². The lowest BCUT2D eigenvalue weighted by atomic mass is 10.0. The van der Waals surface area contributed by atoms with Gasteiger partial charge >= 0.3 is 0 Å². The summed E-state index contributed by atoms with van der Waals surface area (Å²) < 4.78 is 30.9. The van der Waals surface area contributed by atoms with Crippen molar-refractivity contribution in [3.8, 4) is 11.5 Å². The molecule has 3 aromatic rings. The van der Waals surface area contributed by atoms with Gasteiger partial charge in [-0.1, -0.05) is 31.2 Å². The smallest absolute Gasteiger partial charge is 0.135 e. The Hall–Kier alpha value is -2.37. The van der Waals surface area contributed by atoms with Gasteiger partial charge in [-0.15, -0.1) is 0 Å². The molecule has 2 atom stereocenters. The number of ether oxygens (including phenoxy) is 3. The first-order valence-electron chi connectivity index (χ1n) is 8.86. The highest BCUT2D eigenvalue weighted by atomic mass is 19.1. The Labute approximate surface area is 151 Å². The molecule has 0 bridgehead atoms. The molecule has 1 aliphatic rings. The van der Waals surface area contributed by atoms with Crippen LogP contribution in [0, 0.1) is 5.82 Å². The Kier molecular flexibility index (Phi) is 4.66. The Morgan fingerprint density at radius 3 is 2.62 bits per heavy atom. The SMILES string of the molecule is CCC(COc1c2ccccc2c(O)c2cc(F)ccc12)OCC1CO1. The van der Waals surface area contributed by atoms with E-state index >= 15 is 0 Å². The quantitative estimate of drug-likeness (QED) is 0.503. The molecule has 1 heterocycles. The highest BCUT2D eigenvalue weighted by Crippen LogP contribution is 2.42. The van der Waals surface area contributed by atoms with Gasteiger partial charge in [0.2, 0.25) is 0 Å². The molecule has 4 nitrogen and oxygen atoms in total. The minimum absolute atomic E-state index is 0.0535. The zero-order chi connectivity index (χ0) is 18.1. The zero-order valence-corrected chi connectivity index (χ0v) is 14.6. The minimum atomic E-state index is -0.395. The van der Waals surface area contributed by atoms with Gasteiger partial charge in [0.15, 0.2) is 0 Å². The third-order valence-electron chi connectivity index (χ3n) is 4.70. The predicted molar refractivity (Wildman–Crippen MR) is 98.3 cm³/mol. The number of epoxide rings is 1. The second-order valence-electron chi connectivity index (χ2n) is 6.54. The fourth-order valence-corrected chi connectivity index (χ4v) is 3.11. The van der Waals surface area contributed by atoms with Gasteiger partial charge in [0.05, 0.1) is 19.3 Å². The molecular weight excluding hydrogens is 335 g/mol. The second kappa shape index (κ2) is 7.09. The van der Waals surface area contributed by atoms with Crippen LogP contribution < -0.4 is 4.74 Å². The molecule has 0 spiro atoms. The maximum absolute atomic E-state index is 13.7. The standard InChI is InChI=1S/C21H21FO4/c1-2-14(24-11-15-12-25-15)10-26-21-17-6-4-3-5-16(17)20(23)19-9-13(22)7-8-18(19)21/h3-9,14-15,23H,2,10-12H2,1H3. The monoisotopic (exact) mass is 356 g/mol. The maximum Gasteiger partial charge on any atom is 0.135 e. The molecule has 0 saturated carbocycles. The molecule has 1 N–H and O–H groups in total. The Morgan fingerprint density at radius 1 is 1.15 bits per heavy atom. The summed E-state index contributed by atoms with van der Waals surface area (Å²) in [6.45, 7) is 3.76. The van der Waals surface area contributed by atoms with E-state index in [2.05, 4.69) is 0 Å². The number of fused-ring (bicyclic) bond motifs is 2. The molecule has 0 aromatic heterocycles. The molecule has 0 amide bonds. The molecular formula is C21H21FO4. The van der Waals surface area contributed by atoms with Crippen LogP contribution in [-0.2, 0) is 9.47 Å². The van der Waals surface area contributed by atoms with E-state index in [-0.39, 0.29) is 18.0 Å². The molecule has 0 radical (unpaired) electrons. The van der Waals surface area contributed by atoms with Crippen molar-refractivity contribution < 1.29 is 23.7 Å². The summed E-state index contributed by atoms with van der Waals surface area (Å²) in [5, 5.41) is 13.1. The normalized spacial score (nSPS) is 17.5. The number of rotatable bonds is 7. The van der Waals surface area contributed by atoms with E-state index in [4.69, 9.17) is 14.2 Å². The lowest BCUT2D eigenvalue weighted by Crippen LogP contribution is -2.23. The van der Waals surface area contributed by atoms with Crippen LogP contribution in [0.4, 0.5) is 4.39 Å². The van der Waals surface area contributed by atoms with E-state index in [0.29, 0.717) is 35.1 Å². The van der Waals surface area contributed by atoms with Crippen LogP contribution in [0.25, 0.3) is 21.5 Å². The number of phenols is 1. The van der Waals surface area contributed by atoms with Crippen LogP contribution in [0.1, 0.15) is 13.3 Å². The highest BCUT2D eigenvalue weighted by Gasteiger charge is 2.24. The van der Waals surface area contributed by atoms with E-state index < -0.39 is 5.82 Å². The average Bonchev–Trinajstić information content (AvgIpc) is 3.49. The van der Waals surface area contributed by atoms with Gasteiger partial charge in [-0.25, -0.2) is 4.39 Å². The van der Waals surface area contributed by atoms with Gasteiger partial charge in [-0.05, 0) is 24.6 Å². The van der Waals surface area contributed by atoms with Crippen LogP contribution in [0.15, 0.2) is 42.5 Å². The highest BCUT2D eigenvalue weighted by molar-refractivity contribution is 6.10. The minimum Gasteiger partial charge on any atom is -0.507 e. The zero-order valence-electron chi connectivity index (χ0n) is 14.6. The second-order valence-corrected chi connectivity index (χ2v) is 6.54. The molecule has 2 unspecified atom stereocenters. The fraction of sp³-hybridized carbons (Fsp3) is 0.333. The van der Waals surface area contributed by atoms with Gasteiger partial charge in [0.25, 0.3) is 0 Å². The van der Waals surface area contributed by atoms with Crippen molar-refractivity contribution in [1.82, 2.24) is 0 Å². The first-order chi connectivity index (χ1) is 12.7. The van der Waals surface area contributed by atoms with E-state index in [1.54, 1.807) is 12.1 Å². The Bertz CT molecular complexity index is 936. The molecule has 5 heteroatoms. The molecule has 0 aliphatic carbocycles. The van der Waals surface area contributed by atoms with Gasteiger partial charge in [0, 0.05) is 21.5 Å². The summed E-state index contributed by atoms with van der Waals surface area (Å²) in [6.07, 6.45) is 0.972. The van der Waals surface area contributed by atoms with Crippen LogP contribution in [-0.4, -0.2) is 37.1 Å². The molecule has 4 rings (SSSR count). The molecule has 1 aliphatic heterocycles. The van der Waals surface area contributed by atoms with Crippen molar-refractivity contribution in [2.24, 2.45) is 0 Å². The average molecular weight is 356 g/mol. The Morgan fingerprint density at radius 2 is 1.88 bits per heavy atom. The van der Waals surface area contributed by atoms with Crippen LogP contribution in [0.2, 0.25) is 0 Å². The summed E-state index contributed by atoms with van der Waals surface area (Å²) in [5.74, 6) is 0.308. The lowest BCUT2D eigenvalue weighted by molar-refractivity contribution is 0.0114. The number of phenolic OH excluding ortho intramolecular Hbond substituents is 1. The summed E-state index contributed by atoms with van der Waals surface area (Å²) in [7, 11) is 0. The van der Waals surface area contributed by atoms with Crippen LogP contribution in [0.5, 0.6) is 11.5 Å². The van der Waals surface area contributed by atoms with Crippen molar-refractivity contribution in [2.45, 2.75) is 25.6 Å². The number of benzene rings is 3. The van der Waals surface area contributed by atoms with Crippen molar-refractivity contribution in [3.63, 3.8) is 0 Å². The van der Waals surface area contributed by atoms with E-state index in [0.717, 1.165) is 18.4 Å². The Balaban J connectivity index is 1.70. The van der Waals surface area contributed by atoms with Crippen LogP contribution in [0.3, 0.4) is 0 Å². The van der Waals surface area contributed by atoms with Crippen molar-refractivity contribution in [3.05, 3.63) is 48.3 Å². The van der Waals surface area contributed by atoms with Crippen molar-refractivity contribution in [1.29, 1.82) is 0 Å². The molecule has 1 saturated heterocycles. The third-order valence-corrected chi connectivity index (χ3v) is 4.70. The van der Waals surface area contributed by atoms with Gasteiger partial charge < -0.3 is 19.3 Å². The van der Waals surface area contributed by atoms with Gasteiger partial charge in [-0.2, -0.15) is 0 Å². The number of aromatic hydroxyl groups is 1. The summed E-state index contributed by atoms with van der Waals surface area (Å²) in [5.41, 5.74) is 0. The summed E-state index contributed by atoms with van der Waals surface area (Å²) >= 11 is 0. The number of hydrogen-bond acceptors (Lipinski definition) is 4. The van der Waals surface area contributed by atoms with Crippen LogP contribution >= 0.6 is 0 Å². The van der Waals surface area contributed by atoms with Gasteiger partial charge in [-0.3, -0.25) is 0 Å². The first kappa shape index (κ1) is 17.1. The fourth-order valence-electron chi connectivity index (χ4n) is 3.11. The molecule has 26 heavy (non-hydrogen) atoms. The van der Waals surface area contributed by atoms with E-state index in [1.807, 2.05) is 25.1 Å². The van der Waals surface area contributed by atoms with Crippen molar-refractivity contribution >= 4 is 21.5 Å². The maximum atomic E-state index is 13.7. The van der Waals surface area contributed by atoms with Crippen molar-refractivity contribution in [2.75, 3.05) is 19.8 Å². The summed E-state index contributed by atoms with van der Waals surface area (Å²) in [4.78, 5) is 0. The lowest BCUT2D eigenvalue weighted by Gasteiger charge is -2.19. The molecule has 1 fully saturated rings. The summed E-state index contributed by atoms with van der Waals surface area (Å²) in [6, 6.07) is 11.8. The molecule has 136 valence electrons. The number of halogens is 1. The topological polar surface area (TPSA) is 51.2 Å². The van der Waals surface area contributed by atoms with Gasteiger partial charge in [0.1, 0.15) is 30.0 Å². The molecule has 3 aromatic carbocycles. The predicted octanol–water partition coefficient (Wildman–Crippen LogP) is 4.41.